The van der Waals surface area contributed by atoms with E-state index in [1.165, 1.54) is 0 Å². The molecular formula is C12H18N2O2S. The molecule has 2 unspecified atom stereocenters. The highest BCUT2D eigenvalue weighted by Gasteiger charge is 2.23. The molecule has 1 fully saturated rings. The third kappa shape index (κ3) is 3.44. The van der Waals surface area contributed by atoms with Gasteiger partial charge in [-0.2, -0.15) is 0 Å². The molecule has 2 heterocycles. The average molecular weight is 254 g/mol. The van der Waals surface area contributed by atoms with Gasteiger partial charge < -0.3 is 19.4 Å². The highest BCUT2D eigenvalue weighted by molar-refractivity contribution is 7.80. The zero-order valence-corrected chi connectivity index (χ0v) is 11.0. The van der Waals surface area contributed by atoms with Gasteiger partial charge in [-0.1, -0.05) is 0 Å². The SMILES string of the molecule is CC1CN(C(=S)NCc2ccco2)CC(C)O1. The zero-order valence-electron chi connectivity index (χ0n) is 10.2. The Bertz CT molecular complexity index is 357. The smallest absolute Gasteiger partial charge is 0.169 e. The van der Waals surface area contributed by atoms with Gasteiger partial charge in [-0.25, -0.2) is 0 Å². The van der Waals surface area contributed by atoms with Crippen molar-refractivity contribution in [1.82, 2.24) is 10.2 Å². The molecule has 0 radical (unpaired) electrons. The maximum atomic E-state index is 5.67. The van der Waals surface area contributed by atoms with Crippen LogP contribution in [-0.2, 0) is 11.3 Å². The van der Waals surface area contributed by atoms with E-state index in [2.05, 4.69) is 24.1 Å². The van der Waals surface area contributed by atoms with Gasteiger partial charge in [0.1, 0.15) is 5.76 Å². The van der Waals surface area contributed by atoms with E-state index in [1.54, 1.807) is 6.26 Å². The van der Waals surface area contributed by atoms with Crippen LogP contribution in [0, 0.1) is 0 Å². The lowest BCUT2D eigenvalue weighted by Gasteiger charge is -2.36. The summed E-state index contributed by atoms with van der Waals surface area (Å²) in [5.41, 5.74) is 0. The summed E-state index contributed by atoms with van der Waals surface area (Å²) in [5.74, 6) is 0.890. The Morgan fingerprint density at radius 1 is 1.47 bits per heavy atom. The van der Waals surface area contributed by atoms with E-state index in [0.717, 1.165) is 24.0 Å². The third-order valence-corrected chi connectivity index (χ3v) is 3.10. The van der Waals surface area contributed by atoms with Gasteiger partial charge >= 0.3 is 0 Å². The van der Waals surface area contributed by atoms with Crippen LogP contribution in [0.1, 0.15) is 19.6 Å². The topological polar surface area (TPSA) is 37.6 Å². The normalized spacial score (nSPS) is 24.7. The van der Waals surface area contributed by atoms with Crippen molar-refractivity contribution in [2.75, 3.05) is 13.1 Å². The van der Waals surface area contributed by atoms with Crippen molar-refractivity contribution in [3.63, 3.8) is 0 Å². The fourth-order valence-electron chi connectivity index (χ4n) is 2.03. The Balaban J connectivity index is 1.83. The number of nitrogens with zero attached hydrogens (tertiary/aromatic N) is 1. The lowest BCUT2D eigenvalue weighted by molar-refractivity contribution is -0.0482. The van der Waals surface area contributed by atoms with Gasteiger partial charge in [0.2, 0.25) is 0 Å². The van der Waals surface area contributed by atoms with E-state index >= 15 is 0 Å². The quantitative estimate of drug-likeness (QED) is 0.814. The number of furan rings is 1. The molecular weight excluding hydrogens is 236 g/mol. The molecule has 0 aliphatic carbocycles. The molecule has 0 amide bonds. The molecule has 1 N–H and O–H groups in total. The molecule has 0 spiro atoms. The van der Waals surface area contributed by atoms with Crippen LogP contribution in [0.5, 0.6) is 0 Å². The predicted molar refractivity (Wildman–Crippen MR) is 69.7 cm³/mol. The number of thiocarbonyl (C=S) groups is 1. The van der Waals surface area contributed by atoms with Crippen molar-refractivity contribution in [3.8, 4) is 0 Å². The number of hydrogen-bond acceptors (Lipinski definition) is 3. The van der Waals surface area contributed by atoms with Gasteiger partial charge in [0.05, 0.1) is 25.0 Å². The van der Waals surface area contributed by atoms with Crippen molar-refractivity contribution in [2.45, 2.75) is 32.6 Å². The van der Waals surface area contributed by atoms with Crippen molar-refractivity contribution in [2.24, 2.45) is 0 Å². The average Bonchev–Trinajstić information content (AvgIpc) is 2.77. The summed E-state index contributed by atoms with van der Waals surface area (Å²) in [6.45, 7) is 6.45. The van der Waals surface area contributed by atoms with Crippen LogP contribution in [0.2, 0.25) is 0 Å². The first-order valence-electron chi connectivity index (χ1n) is 5.86. The lowest BCUT2D eigenvalue weighted by Crippen LogP contribution is -2.51. The number of hydrogen-bond donors (Lipinski definition) is 1. The number of nitrogens with one attached hydrogen (secondary N) is 1. The van der Waals surface area contributed by atoms with E-state index < -0.39 is 0 Å². The van der Waals surface area contributed by atoms with Crippen LogP contribution >= 0.6 is 12.2 Å². The molecule has 1 aromatic rings. The first-order valence-corrected chi connectivity index (χ1v) is 6.26. The van der Waals surface area contributed by atoms with Crippen molar-refractivity contribution < 1.29 is 9.15 Å². The molecule has 1 saturated heterocycles. The van der Waals surface area contributed by atoms with Gasteiger partial charge in [-0.15, -0.1) is 0 Å². The van der Waals surface area contributed by atoms with Crippen molar-refractivity contribution in [1.29, 1.82) is 0 Å². The Morgan fingerprint density at radius 2 is 2.18 bits per heavy atom. The molecule has 0 bridgehead atoms. The molecule has 2 atom stereocenters. The lowest BCUT2D eigenvalue weighted by atomic mass is 10.2. The second-order valence-corrected chi connectivity index (χ2v) is 4.79. The summed E-state index contributed by atoms with van der Waals surface area (Å²) in [5, 5.41) is 3.97. The molecule has 5 heteroatoms. The summed E-state index contributed by atoms with van der Waals surface area (Å²) >= 11 is 5.37. The summed E-state index contributed by atoms with van der Waals surface area (Å²) in [6, 6.07) is 3.80. The molecule has 1 aliphatic rings. The Kier molecular flexibility index (Phi) is 4.02. The van der Waals surface area contributed by atoms with Gasteiger partial charge in [-0.3, -0.25) is 0 Å². The van der Waals surface area contributed by atoms with Crippen LogP contribution in [0.25, 0.3) is 0 Å². The number of ether oxygens (including phenoxy) is 1. The third-order valence-electron chi connectivity index (χ3n) is 2.70. The Labute approximate surface area is 107 Å². The highest BCUT2D eigenvalue weighted by Crippen LogP contribution is 2.11. The molecule has 2 rings (SSSR count). The molecule has 94 valence electrons. The number of morpholine rings is 1. The molecule has 1 aliphatic heterocycles. The Morgan fingerprint density at radius 3 is 2.76 bits per heavy atom. The van der Waals surface area contributed by atoms with E-state index in [0.29, 0.717) is 6.54 Å². The van der Waals surface area contributed by atoms with Crippen LogP contribution < -0.4 is 5.32 Å². The molecule has 17 heavy (non-hydrogen) atoms. The maximum Gasteiger partial charge on any atom is 0.169 e. The minimum atomic E-state index is 0.224. The molecule has 4 nitrogen and oxygen atoms in total. The van der Waals surface area contributed by atoms with Crippen LogP contribution in [0.3, 0.4) is 0 Å². The molecule has 1 aromatic heterocycles. The Hall–Kier alpha value is -1.07. The van der Waals surface area contributed by atoms with Gasteiger partial charge in [0.15, 0.2) is 5.11 Å². The van der Waals surface area contributed by atoms with Gasteiger partial charge in [-0.05, 0) is 38.2 Å². The minimum absolute atomic E-state index is 0.224. The molecule has 0 saturated carbocycles. The second kappa shape index (κ2) is 5.51. The zero-order chi connectivity index (χ0) is 12.3. The van der Waals surface area contributed by atoms with Crippen LogP contribution in [0.15, 0.2) is 22.8 Å². The maximum absolute atomic E-state index is 5.67. The second-order valence-electron chi connectivity index (χ2n) is 4.40. The van der Waals surface area contributed by atoms with Gasteiger partial charge in [0.25, 0.3) is 0 Å². The predicted octanol–water partition coefficient (Wildman–Crippen LogP) is 1.76. The van der Waals surface area contributed by atoms with E-state index in [4.69, 9.17) is 21.4 Å². The number of rotatable bonds is 2. The largest absolute Gasteiger partial charge is 0.467 e. The summed E-state index contributed by atoms with van der Waals surface area (Å²) in [7, 11) is 0. The van der Waals surface area contributed by atoms with Crippen LogP contribution in [-0.4, -0.2) is 35.3 Å². The molecule has 0 aromatic carbocycles. The highest BCUT2D eigenvalue weighted by atomic mass is 32.1. The summed E-state index contributed by atoms with van der Waals surface area (Å²) in [6.07, 6.45) is 2.11. The standard InChI is InChI=1S/C12H18N2O2S/c1-9-7-14(8-10(2)16-9)12(17)13-6-11-4-3-5-15-11/h3-5,9-10H,6-8H2,1-2H3,(H,13,17). The van der Waals surface area contributed by atoms with E-state index in [9.17, 15) is 0 Å². The fraction of sp³-hybridized carbons (Fsp3) is 0.583. The minimum Gasteiger partial charge on any atom is -0.467 e. The first-order chi connectivity index (χ1) is 8.15. The van der Waals surface area contributed by atoms with Crippen molar-refractivity contribution in [3.05, 3.63) is 24.2 Å². The first kappa shape index (κ1) is 12.4. The van der Waals surface area contributed by atoms with Crippen molar-refractivity contribution >= 4 is 17.3 Å². The van der Waals surface area contributed by atoms with E-state index in [-0.39, 0.29) is 12.2 Å². The summed E-state index contributed by atoms with van der Waals surface area (Å²) < 4.78 is 10.9. The fourth-order valence-corrected chi connectivity index (χ4v) is 2.25. The van der Waals surface area contributed by atoms with Crippen LogP contribution in [0.4, 0.5) is 0 Å². The van der Waals surface area contributed by atoms with E-state index in [1.807, 2.05) is 12.1 Å². The van der Waals surface area contributed by atoms with Gasteiger partial charge in [0, 0.05) is 13.1 Å². The summed E-state index contributed by atoms with van der Waals surface area (Å²) in [4.78, 5) is 2.15. The monoisotopic (exact) mass is 254 g/mol.